The molecule has 1 atom stereocenters. The summed E-state index contributed by atoms with van der Waals surface area (Å²) < 4.78 is 5.02. The molecule has 0 saturated heterocycles. The molecule has 1 aromatic rings. The summed E-state index contributed by atoms with van der Waals surface area (Å²) in [5, 5.41) is 1.18. The second-order valence-corrected chi connectivity index (χ2v) is 4.34. The first kappa shape index (κ1) is 9.38. The lowest BCUT2D eigenvalue weighted by atomic mass is 10.1. The summed E-state index contributed by atoms with van der Waals surface area (Å²) in [7, 11) is 0. The van der Waals surface area contributed by atoms with Crippen LogP contribution < -0.4 is 0 Å². The van der Waals surface area contributed by atoms with E-state index in [-0.39, 0.29) is 0 Å². The quantitative estimate of drug-likeness (QED) is 0.796. The van der Waals surface area contributed by atoms with Gasteiger partial charge in [-0.15, -0.1) is 0 Å². The largest absolute Gasteiger partial charge is 0.215 e. The van der Waals surface area contributed by atoms with Gasteiger partial charge in [-0.05, 0) is 18.0 Å². The number of hydrogen-bond donors (Lipinski definition) is 0. The third kappa shape index (κ3) is 2.66. The van der Waals surface area contributed by atoms with Crippen LogP contribution in [0.15, 0.2) is 0 Å². The van der Waals surface area contributed by atoms with E-state index >= 15 is 0 Å². The van der Waals surface area contributed by atoms with Crippen LogP contribution in [0.3, 0.4) is 0 Å². The molecule has 62 valence electrons. The molecule has 0 aliphatic rings. The smallest absolute Gasteiger partial charge is 0.203 e. The lowest BCUT2D eigenvalue weighted by molar-refractivity contribution is 0.659. The summed E-state index contributed by atoms with van der Waals surface area (Å²) >= 11 is 3.68. The minimum absolute atomic E-state index is 0.584. The zero-order chi connectivity index (χ0) is 8.27. The molecule has 0 aromatic carbocycles. The highest BCUT2D eigenvalue weighted by molar-refractivity contribution is 14.1. The van der Waals surface area contributed by atoms with Gasteiger partial charge in [0.1, 0.15) is 5.01 Å². The minimum Gasteiger partial charge on any atom is -0.215 e. The van der Waals surface area contributed by atoms with Crippen molar-refractivity contribution in [3.8, 4) is 0 Å². The van der Waals surface area contributed by atoms with E-state index in [1.54, 1.807) is 0 Å². The monoisotopic (exact) mass is 282 g/mol. The van der Waals surface area contributed by atoms with Gasteiger partial charge in [0, 0.05) is 28.5 Å². The zero-order valence-electron chi connectivity index (χ0n) is 6.67. The standard InChI is InChI=1S/C7H11IN2S/c1-3-4-5(2)6-9-7(8)10-11-6/h5H,3-4H2,1-2H3. The molecule has 0 radical (unpaired) electrons. The Morgan fingerprint density at radius 3 is 2.82 bits per heavy atom. The number of halogens is 1. The first-order valence-electron chi connectivity index (χ1n) is 3.73. The van der Waals surface area contributed by atoms with Crippen molar-refractivity contribution in [2.24, 2.45) is 0 Å². The van der Waals surface area contributed by atoms with E-state index < -0.39 is 0 Å². The average Bonchev–Trinajstić information content (AvgIpc) is 2.36. The molecule has 4 heteroatoms. The maximum Gasteiger partial charge on any atom is 0.203 e. The van der Waals surface area contributed by atoms with Gasteiger partial charge < -0.3 is 0 Å². The van der Waals surface area contributed by atoms with E-state index in [2.05, 4.69) is 45.8 Å². The lowest BCUT2D eigenvalue weighted by Gasteiger charge is -2.02. The highest BCUT2D eigenvalue weighted by Crippen LogP contribution is 2.22. The molecule has 0 fully saturated rings. The van der Waals surface area contributed by atoms with E-state index in [1.165, 1.54) is 29.4 Å². The normalized spacial score (nSPS) is 13.4. The fourth-order valence-corrected chi connectivity index (χ4v) is 2.33. The van der Waals surface area contributed by atoms with Crippen LogP contribution in [0.4, 0.5) is 0 Å². The van der Waals surface area contributed by atoms with E-state index in [0.29, 0.717) is 5.92 Å². The van der Waals surface area contributed by atoms with E-state index in [9.17, 15) is 0 Å². The van der Waals surface area contributed by atoms with Crippen molar-refractivity contribution in [2.45, 2.75) is 32.6 Å². The zero-order valence-corrected chi connectivity index (χ0v) is 9.65. The number of nitrogens with zero attached hydrogens (tertiary/aromatic N) is 2. The maximum absolute atomic E-state index is 4.32. The predicted molar refractivity (Wildman–Crippen MR) is 55.9 cm³/mol. The van der Waals surface area contributed by atoms with Gasteiger partial charge in [0.25, 0.3) is 0 Å². The third-order valence-electron chi connectivity index (χ3n) is 1.56. The molecule has 0 bridgehead atoms. The van der Waals surface area contributed by atoms with Crippen molar-refractivity contribution in [3.05, 3.63) is 8.84 Å². The Kier molecular flexibility index (Phi) is 3.71. The molecule has 2 nitrogen and oxygen atoms in total. The van der Waals surface area contributed by atoms with Crippen molar-refractivity contribution < 1.29 is 0 Å². The van der Waals surface area contributed by atoms with Gasteiger partial charge in [0.2, 0.25) is 3.83 Å². The minimum atomic E-state index is 0.584. The average molecular weight is 282 g/mol. The second kappa shape index (κ2) is 4.35. The van der Waals surface area contributed by atoms with Crippen LogP contribution in [0.25, 0.3) is 0 Å². The fraction of sp³-hybridized carbons (Fsp3) is 0.714. The first-order chi connectivity index (χ1) is 5.24. The van der Waals surface area contributed by atoms with Gasteiger partial charge in [0.15, 0.2) is 0 Å². The fourth-order valence-electron chi connectivity index (χ4n) is 0.973. The number of hydrogen-bond acceptors (Lipinski definition) is 3. The summed E-state index contributed by atoms with van der Waals surface area (Å²) in [4.78, 5) is 4.32. The van der Waals surface area contributed by atoms with Crippen molar-refractivity contribution >= 4 is 34.1 Å². The Bertz CT molecular complexity index is 224. The first-order valence-corrected chi connectivity index (χ1v) is 5.58. The second-order valence-electron chi connectivity index (χ2n) is 2.59. The SMILES string of the molecule is CCCC(C)c1nc(I)ns1. The van der Waals surface area contributed by atoms with Crippen LogP contribution in [0.5, 0.6) is 0 Å². The van der Waals surface area contributed by atoms with Gasteiger partial charge >= 0.3 is 0 Å². The Balaban J connectivity index is 2.60. The summed E-state index contributed by atoms with van der Waals surface area (Å²) in [5.74, 6) is 0.584. The van der Waals surface area contributed by atoms with Gasteiger partial charge in [-0.25, -0.2) is 4.98 Å². The van der Waals surface area contributed by atoms with Crippen LogP contribution in [-0.2, 0) is 0 Å². The van der Waals surface area contributed by atoms with Crippen molar-refractivity contribution in [1.82, 2.24) is 9.36 Å². The van der Waals surface area contributed by atoms with E-state index in [4.69, 9.17) is 0 Å². The molecule has 1 unspecified atom stereocenters. The van der Waals surface area contributed by atoms with Crippen LogP contribution >= 0.6 is 34.1 Å². The Labute approximate surface area is 84.7 Å². The van der Waals surface area contributed by atoms with Crippen LogP contribution in [-0.4, -0.2) is 9.36 Å². The molecular formula is C7H11IN2S. The molecule has 0 aliphatic heterocycles. The highest BCUT2D eigenvalue weighted by Gasteiger charge is 2.08. The molecule has 1 heterocycles. The van der Waals surface area contributed by atoms with Crippen LogP contribution in [0.2, 0.25) is 0 Å². The molecular weight excluding hydrogens is 271 g/mol. The number of aromatic nitrogens is 2. The summed E-state index contributed by atoms with van der Waals surface area (Å²) in [6, 6.07) is 0. The Morgan fingerprint density at radius 1 is 1.64 bits per heavy atom. The van der Waals surface area contributed by atoms with Gasteiger partial charge in [-0.1, -0.05) is 20.3 Å². The summed E-state index contributed by atoms with van der Waals surface area (Å²) in [6.45, 7) is 4.41. The number of rotatable bonds is 3. The van der Waals surface area contributed by atoms with Crippen molar-refractivity contribution in [1.29, 1.82) is 0 Å². The van der Waals surface area contributed by atoms with Crippen LogP contribution in [0.1, 0.15) is 37.6 Å². The van der Waals surface area contributed by atoms with E-state index in [0.717, 1.165) is 3.83 Å². The maximum atomic E-state index is 4.32. The topological polar surface area (TPSA) is 25.8 Å². The van der Waals surface area contributed by atoms with Gasteiger partial charge in [-0.2, -0.15) is 4.37 Å². The van der Waals surface area contributed by atoms with Gasteiger partial charge in [0.05, 0.1) is 0 Å². The highest BCUT2D eigenvalue weighted by atomic mass is 127. The molecule has 0 spiro atoms. The van der Waals surface area contributed by atoms with Crippen molar-refractivity contribution in [3.63, 3.8) is 0 Å². The Hall–Kier alpha value is 0.290. The third-order valence-corrected chi connectivity index (χ3v) is 3.31. The van der Waals surface area contributed by atoms with Gasteiger partial charge in [-0.3, -0.25) is 0 Å². The van der Waals surface area contributed by atoms with Crippen LogP contribution in [0, 0.1) is 3.83 Å². The lowest BCUT2D eigenvalue weighted by Crippen LogP contribution is -1.91. The summed E-state index contributed by atoms with van der Waals surface area (Å²) in [6.07, 6.45) is 2.43. The Morgan fingerprint density at radius 2 is 2.36 bits per heavy atom. The van der Waals surface area contributed by atoms with Crippen molar-refractivity contribution in [2.75, 3.05) is 0 Å². The molecule has 1 aromatic heterocycles. The molecule has 0 amide bonds. The molecule has 0 aliphatic carbocycles. The predicted octanol–water partition coefficient (Wildman–Crippen LogP) is 3.05. The molecule has 1 rings (SSSR count). The molecule has 11 heavy (non-hydrogen) atoms. The molecule has 0 N–H and O–H groups in total. The molecule has 0 saturated carbocycles. The summed E-state index contributed by atoms with van der Waals surface area (Å²) in [5.41, 5.74) is 0. The van der Waals surface area contributed by atoms with E-state index in [1.807, 2.05) is 0 Å².